The molecule has 4 heteroatoms. The number of rotatable bonds is 1. The maximum atomic E-state index is 8.72. The molecule has 0 aromatic rings. The Morgan fingerprint density at radius 2 is 2.22 bits per heavy atom. The molecular formula is C5H9BO3. The maximum absolute atomic E-state index is 8.72. The molecule has 0 fully saturated rings. The summed E-state index contributed by atoms with van der Waals surface area (Å²) in [5.41, 5.74) is 0. The molecule has 0 unspecified atom stereocenters. The lowest BCUT2D eigenvalue weighted by Gasteiger charge is -1.95. The Bertz CT molecular complexity index is 143. The molecule has 0 spiro atoms. The monoisotopic (exact) mass is 128 g/mol. The van der Waals surface area contributed by atoms with E-state index in [2.05, 4.69) is 0 Å². The Balaban J connectivity index is 2.58. The predicted octanol–water partition coefficient (Wildman–Crippen LogP) is 0.652. The van der Waals surface area contributed by atoms with Crippen LogP contribution in [0.5, 0.6) is 0 Å². The predicted molar refractivity (Wildman–Crippen MR) is 33.1 cm³/mol. The molecule has 0 bridgehead atoms. The molecule has 9 heavy (non-hydrogen) atoms. The molecule has 0 aromatic heterocycles. The molecule has 0 amide bonds. The quantitative estimate of drug-likeness (QED) is 0.527. The average Bonchev–Trinajstić information content (AvgIpc) is 2.10. The minimum Gasteiger partial charge on any atom is -0.502 e. The molecule has 0 aliphatic carbocycles. The summed E-state index contributed by atoms with van der Waals surface area (Å²) in [4.78, 5) is 0. The van der Waals surface area contributed by atoms with Crippen molar-refractivity contribution in [2.75, 3.05) is 0 Å². The second-order valence-electron chi connectivity index (χ2n) is 1.88. The molecule has 0 atom stereocenters. The summed E-state index contributed by atoms with van der Waals surface area (Å²) in [5, 5.41) is 8.72. The van der Waals surface area contributed by atoms with Crippen LogP contribution in [-0.2, 0) is 9.31 Å². The fraction of sp³-hybridized carbons (Fsp3) is 0.600. The van der Waals surface area contributed by atoms with Gasteiger partial charge in [0.2, 0.25) is 0 Å². The van der Waals surface area contributed by atoms with Gasteiger partial charge in [0.1, 0.15) is 11.5 Å². The molecule has 0 aromatic carbocycles. The van der Waals surface area contributed by atoms with Gasteiger partial charge >= 0.3 is 7.32 Å². The second kappa shape index (κ2) is 2.31. The van der Waals surface area contributed by atoms with Crippen LogP contribution >= 0.6 is 0 Å². The van der Waals surface area contributed by atoms with Gasteiger partial charge < -0.3 is 14.3 Å². The van der Waals surface area contributed by atoms with Crippen LogP contribution in [0, 0.1) is 0 Å². The van der Waals surface area contributed by atoms with E-state index in [0.717, 1.165) is 12.2 Å². The van der Waals surface area contributed by atoms with Crippen molar-refractivity contribution in [1.29, 1.82) is 0 Å². The fourth-order valence-electron chi connectivity index (χ4n) is 0.778. The largest absolute Gasteiger partial charge is 0.784 e. The van der Waals surface area contributed by atoms with Crippen molar-refractivity contribution < 1.29 is 14.3 Å². The van der Waals surface area contributed by atoms with Crippen molar-refractivity contribution in [3.63, 3.8) is 0 Å². The van der Waals surface area contributed by atoms with Crippen LogP contribution in [0.15, 0.2) is 11.5 Å². The molecule has 1 aliphatic heterocycles. The topological polar surface area (TPSA) is 38.7 Å². The Kier molecular flexibility index (Phi) is 1.66. The van der Waals surface area contributed by atoms with E-state index in [1.165, 1.54) is 0 Å². The molecule has 3 nitrogen and oxygen atoms in total. The summed E-state index contributed by atoms with van der Waals surface area (Å²) in [6.07, 6.45) is 0.767. The Morgan fingerprint density at radius 1 is 1.56 bits per heavy atom. The zero-order valence-corrected chi connectivity index (χ0v) is 5.55. The van der Waals surface area contributed by atoms with Crippen LogP contribution in [0.25, 0.3) is 0 Å². The molecule has 1 heterocycles. The van der Waals surface area contributed by atoms with Gasteiger partial charge in [-0.25, -0.2) is 0 Å². The normalized spacial score (nSPS) is 17.9. The fourth-order valence-corrected chi connectivity index (χ4v) is 0.778. The first-order valence-corrected chi connectivity index (χ1v) is 2.95. The average molecular weight is 128 g/mol. The van der Waals surface area contributed by atoms with E-state index in [0.29, 0.717) is 5.76 Å². The van der Waals surface area contributed by atoms with E-state index >= 15 is 0 Å². The Labute approximate surface area is 54.5 Å². The molecule has 1 rings (SSSR count). The molecular weight excluding hydrogens is 119 g/mol. The van der Waals surface area contributed by atoms with Crippen molar-refractivity contribution in [2.45, 2.75) is 20.3 Å². The lowest BCUT2D eigenvalue weighted by atomic mass is 10.2. The van der Waals surface area contributed by atoms with Crippen molar-refractivity contribution in [1.82, 2.24) is 0 Å². The lowest BCUT2D eigenvalue weighted by Crippen LogP contribution is -2.13. The molecule has 1 aliphatic rings. The summed E-state index contributed by atoms with van der Waals surface area (Å²) in [5.74, 6) is 1.42. The van der Waals surface area contributed by atoms with E-state index < -0.39 is 7.32 Å². The van der Waals surface area contributed by atoms with Crippen LogP contribution in [0.2, 0.25) is 0 Å². The van der Waals surface area contributed by atoms with Crippen LogP contribution in [0.3, 0.4) is 0 Å². The highest BCUT2D eigenvalue weighted by atomic mass is 16.7. The van der Waals surface area contributed by atoms with E-state index in [9.17, 15) is 0 Å². The van der Waals surface area contributed by atoms with Gasteiger partial charge in [0.15, 0.2) is 0 Å². The van der Waals surface area contributed by atoms with Gasteiger partial charge in [0.05, 0.1) is 0 Å². The molecule has 50 valence electrons. The van der Waals surface area contributed by atoms with E-state index in [1.807, 2.05) is 6.92 Å². The highest BCUT2D eigenvalue weighted by molar-refractivity contribution is 6.36. The Hall–Kier alpha value is -0.635. The van der Waals surface area contributed by atoms with Gasteiger partial charge in [0, 0.05) is 6.42 Å². The molecule has 1 N–H and O–H groups in total. The first-order valence-electron chi connectivity index (χ1n) is 2.95. The van der Waals surface area contributed by atoms with Gasteiger partial charge in [-0.3, -0.25) is 0 Å². The van der Waals surface area contributed by atoms with Crippen molar-refractivity contribution in [3.05, 3.63) is 11.5 Å². The van der Waals surface area contributed by atoms with Crippen LogP contribution < -0.4 is 0 Å². The summed E-state index contributed by atoms with van der Waals surface area (Å²) in [6.45, 7) is 3.72. The second-order valence-corrected chi connectivity index (χ2v) is 1.88. The number of allylic oxidation sites excluding steroid dienone is 2. The molecule has 0 saturated carbocycles. The van der Waals surface area contributed by atoms with Crippen LogP contribution in [0.1, 0.15) is 20.3 Å². The third-order valence-electron chi connectivity index (χ3n) is 1.23. The third-order valence-corrected chi connectivity index (χ3v) is 1.23. The summed E-state index contributed by atoms with van der Waals surface area (Å²) in [7, 11) is -1.07. The SMILES string of the molecule is CCC1=C(C)OB(O)O1. The first kappa shape index (κ1) is 6.48. The van der Waals surface area contributed by atoms with Crippen molar-refractivity contribution >= 4 is 7.32 Å². The highest BCUT2D eigenvalue weighted by Crippen LogP contribution is 2.19. The molecule has 0 saturated heterocycles. The number of hydrogen-bond donors (Lipinski definition) is 1. The van der Waals surface area contributed by atoms with Crippen LogP contribution in [-0.4, -0.2) is 12.3 Å². The van der Waals surface area contributed by atoms with Gasteiger partial charge in [-0.2, -0.15) is 0 Å². The maximum Gasteiger partial charge on any atom is 0.784 e. The summed E-state index contributed by atoms with van der Waals surface area (Å²) in [6, 6.07) is 0. The van der Waals surface area contributed by atoms with Gasteiger partial charge in [-0.15, -0.1) is 0 Å². The third kappa shape index (κ3) is 1.19. The first-order chi connectivity index (χ1) is 4.24. The van der Waals surface area contributed by atoms with Crippen molar-refractivity contribution in [3.8, 4) is 0 Å². The standard InChI is InChI=1S/C5H9BO3/c1-3-5-4(2)8-6(7)9-5/h7H,3H2,1-2H3. The van der Waals surface area contributed by atoms with Gasteiger partial charge in [-0.05, 0) is 6.92 Å². The highest BCUT2D eigenvalue weighted by Gasteiger charge is 2.29. The Morgan fingerprint density at radius 3 is 2.44 bits per heavy atom. The summed E-state index contributed by atoms with van der Waals surface area (Å²) >= 11 is 0. The lowest BCUT2D eigenvalue weighted by molar-refractivity contribution is 0.260. The van der Waals surface area contributed by atoms with E-state index in [1.54, 1.807) is 6.92 Å². The zero-order chi connectivity index (χ0) is 6.85. The van der Waals surface area contributed by atoms with Gasteiger partial charge in [-0.1, -0.05) is 6.92 Å². The molecule has 0 radical (unpaired) electrons. The van der Waals surface area contributed by atoms with Gasteiger partial charge in [0.25, 0.3) is 0 Å². The summed E-state index contributed by atoms with van der Waals surface area (Å²) < 4.78 is 9.61. The minimum atomic E-state index is -1.07. The van der Waals surface area contributed by atoms with E-state index in [-0.39, 0.29) is 0 Å². The smallest absolute Gasteiger partial charge is 0.502 e. The van der Waals surface area contributed by atoms with E-state index in [4.69, 9.17) is 14.3 Å². The number of hydrogen-bond acceptors (Lipinski definition) is 3. The van der Waals surface area contributed by atoms with Crippen molar-refractivity contribution in [2.24, 2.45) is 0 Å². The minimum absolute atomic E-state index is 0.685. The zero-order valence-electron chi connectivity index (χ0n) is 5.55. The van der Waals surface area contributed by atoms with Crippen LogP contribution in [0.4, 0.5) is 0 Å².